The normalized spacial score (nSPS) is 10.2. The molecule has 5 nitrogen and oxygen atoms in total. The molecule has 1 aromatic rings. The number of nitrogens with zero attached hydrogens (tertiary/aromatic N) is 2. The SMILES string of the molecule is CCCCCCNc1ncc(Cl)cc1[N+](=O)[O-]. The molecule has 0 unspecified atom stereocenters. The van der Waals surface area contributed by atoms with Crippen molar-refractivity contribution in [2.45, 2.75) is 32.6 Å². The first-order valence-corrected chi connectivity index (χ1v) is 6.06. The second-order valence-electron chi connectivity index (χ2n) is 3.77. The van der Waals surface area contributed by atoms with Gasteiger partial charge < -0.3 is 5.32 Å². The van der Waals surface area contributed by atoms with Crippen LogP contribution in [0, 0.1) is 10.1 Å². The van der Waals surface area contributed by atoms with Gasteiger partial charge in [-0.15, -0.1) is 0 Å². The fourth-order valence-electron chi connectivity index (χ4n) is 1.46. The smallest absolute Gasteiger partial charge is 0.312 e. The molecule has 0 amide bonds. The first-order chi connectivity index (χ1) is 8.15. The molecule has 0 spiro atoms. The number of nitro groups is 1. The second kappa shape index (κ2) is 7.06. The molecular formula is C11H16ClN3O2. The van der Waals surface area contributed by atoms with Gasteiger partial charge in [-0.3, -0.25) is 10.1 Å². The first kappa shape index (κ1) is 13.7. The summed E-state index contributed by atoms with van der Waals surface area (Å²) >= 11 is 5.67. The highest BCUT2D eigenvalue weighted by Crippen LogP contribution is 2.24. The highest BCUT2D eigenvalue weighted by Gasteiger charge is 2.15. The van der Waals surface area contributed by atoms with Crippen LogP contribution < -0.4 is 5.32 Å². The van der Waals surface area contributed by atoms with Crippen LogP contribution in [0.25, 0.3) is 0 Å². The molecule has 0 atom stereocenters. The van der Waals surface area contributed by atoms with Crippen molar-refractivity contribution in [3.05, 3.63) is 27.4 Å². The average Bonchev–Trinajstić information content (AvgIpc) is 2.30. The number of nitrogens with one attached hydrogen (secondary N) is 1. The highest BCUT2D eigenvalue weighted by atomic mass is 35.5. The summed E-state index contributed by atoms with van der Waals surface area (Å²) in [5.41, 5.74) is -0.0759. The lowest BCUT2D eigenvalue weighted by atomic mass is 10.2. The van der Waals surface area contributed by atoms with E-state index in [0.717, 1.165) is 12.8 Å². The van der Waals surface area contributed by atoms with Gasteiger partial charge in [0, 0.05) is 18.8 Å². The topological polar surface area (TPSA) is 68.1 Å². The molecule has 0 bridgehead atoms. The summed E-state index contributed by atoms with van der Waals surface area (Å²) in [6.45, 7) is 2.83. The van der Waals surface area contributed by atoms with Crippen LogP contribution in [0.1, 0.15) is 32.6 Å². The van der Waals surface area contributed by atoms with Gasteiger partial charge in [-0.05, 0) is 6.42 Å². The van der Waals surface area contributed by atoms with Crippen molar-refractivity contribution >= 4 is 23.1 Å². The number of hydrogen-bond donors (Lipinski definition) is 1. The number of hydrogen-bond acceptors (Lipinski definition) is 4. The van der Waals surface area contributed by atoms with Crippen molar-refractivity contribution in [2.75, 3.05) is 11.9 Å². The zero-order chi connectivity index (χ0) is 12.7. The van der Waals surface area contributed by atoms with Crippen molar-refractivity contribution in [1.82, 2.24) is 4.98 Å². The lowest BCUT2D eigenvalue weighted by Crippen LogP contribution is -2.06. The van der Waals surface area contributed by atoms with E-state index in [9.17, 15) is 10.1 Å². The maximum absolute atomic E-state index is 10.8. The summed E-state index contributed by atoms with van der Waals surface area (Å²) in [7, 11) is 0. The summed E-state index contributed by atoms with van der Waals surface area (Å²) in [5, 5.41) is 14.0. The summed E-state index contributed by atoms with van der Waals surface area (Å²) in [6.07, 6.45) is 5.85. The number of halogens is 1. The van der Waals surface area contributed by atoms with Gasteiger partial charge in [0.2, 0.25) is 5.82 Å². The molecular weight excluding hydrogens is 242 g/mol. The Kier molecular flexibility index (Phi) is 5.69. The molecule has 0 saturated carbocycles. The van der Waals surface area contributed by atoms with Crippen LogP contribution in [0.4, 0.5) is 11.5 Å². The maximum Gasteiger partial charge on any atom is 0.312 e. The van der Waals surface area contributed by atoms with Gasteiger partial charge in [-0.25, -0.2) is 4.98 Å². The molecule has 0 radical (unpaired) electrons. The predicted octanol–water partition coefficient (Wildman–Crippen LogP) is 3.64. The maximum atomic E-state index is 10.8. The Bertz CT molecular complexity index is 385. The minimum atomic E-state index is -0.479. The van der Waals surface area contributed by atoms with E-state index in [4.69, 9.17) is 11.6 Å². The molecule has 17 heavy (non-hydrogen) atoms. The summed E-state index contributed by atoms with van der Waals surface area (Å²) in [6, 6.07) is 1.31. The largest absolute Gasteiger partial charge is 0.364 e. The number of anilines is 1. The van der Waals surface area contributed by atoms with Gasteiger partial charge in [0.15, 0.2) is 0 Å². The Morgan fingerprint density at radius 1 is 1.47 bits per heavy atom. The van der Waals surface area contributed by atoms with E-state index in [-0.39, 0.29) is 16.5 Å². The molecule has 0 saturated heterocycles. The van der Waals surface area contributed by atoms with E-state index in [1.54, 1.807) is 0 Å². The molecule has 1 rings (SSSR count). The Balaban J connectivity index is 2.55. The van der Waals surface area contributed by atoms with Gasteiger partial charge in [-0.1, -0.05) is 37.8 Å². The van der Waals surface area contributed by atoms with Crippen molar-refractivity contribution < 1.29 is 4.92 Å². The van der Waals surface area contributed by atoms with Crippen LogP contribution in [-0.4, -0.2) is 16.5 Å². The van der Waals surface area contributed by atoms with Crippen LogP contribution in [0.5, 0.6) is 0 Å². The van der Waals surface area contributed by atoms with Gasteiger partial charge in [-0.2, -0.15) is 0 Å². The van der Waals surface area contributed by atoms with E-state index < -0.39 is 4.92 Å². The zero-order valence-electron chi connectivity index (χ0n) is 9.78. The lowest BCUT2D eigenvalue weighted by Gasteiger charge is -2.05. The van der Waals surface area contributed by atoms with Crippen LogP contribution in [0.2, 0.25) is 5.02 Å². The van der Waals surface area contributed by atoms with Crippen LogP contribution in [0.3, 0.4) is 0 Å². The van der Waals surface area contributed by atoms with E-state index in [1.165, 1.54) is 25.1 Å². The van der Waals surface area contributed by atoms with Crippen LogP contribution in [-0.2, 0) is 0 Å². The average molecular weight is 258 g/mol. The molecule has 0 aliphatic heterocycles. The zero-order valence-corrected chi connectivity index (χ0v) is 10.5. The Morgan fingerprint density at radius 2 is 2.24 bits per heavy atom. The molecule has 6 heteroatoms. The molecule has 1 heterocycles. The summed E-state index contributed by atoms with van der Waals surface area (Å²) in [4.78, 5) is 14.2. The Morgan fingerprint density at radius 3 is 2.88 bits per heavy atom. The fourth-order valence-corrected chi connectivity index (χ4v) is 1.61. The summed E-state index contributed by atoms with van der Waals surface area (Å²) < 4.78 is 0. The predicted molar refractivity (Wildman–Crippen MR) is 68.5 cm³/mol. The standard InChI is InChI=1S/C11H16ClN3O2/c1-2-3-4-5-6-13-11-10(15(16)17)7-9(12)8-14-11/h7-8H,2-6H2,1H3,(H,13,14). The van der Waals surface area contributed by atoms with Gasteiger partial charge in [0.1, 0.15) is 0 Å². The minimum absolute atomic E-state index is 0.0759. The van der Waals surface area contributed by atoms with E-state index in [1.807, 2.05) is 0 Å². The van der Waals surface area contributed by atoms with Crippen molar-refractivity contribution in [1.29, 1.82) is 0 Å². The number of aromatic nitrogens is 1. The minimum Gasteiger partial charge on any atom is -0.364 e. The quantitative estimate of drug-likeness (QED) is 0.460. The molecule has 0 aliphatic carbocycles. The first-order valence-electron chi connectivity index (χ1n) is 5.69. The van der Waals surface area contributed by atoms with Crippen molar-refractivity contribution in [3.63, 3.8) is 0 Å². The van der Waals surface area contributed by atoms with E-state index in [2.05, 4.69) is 17.2 Å². The number of rotatable bonds is 7. The molecule has 0 aliphatic rings. The van der Waals surface area contributed by atoms with Crippen molar-refractivity contribution in [2.24, 2.45) is 0 Å². The lowest BCUT2D eigenvalue weighted by molar-refractivity contribution is -0.384. The third kappa shape index (κ3) is 4.56. The van der Waals surface area contributed by atoms with Gasteiger partial charge in [0.25, 0.3) is 0 Å². The third-order valence-corrected chi connectivity index (χ3v) is 2.56. The highest BCUT2D eigenvalue weighted by molar-refractivity contribution is 6.30. The molecule has 94 valence electrons. The third-order valence-electron chi connectivity index (χ3n) is 2.35. The van der Waals surface area contributed by atoms with Crippen LogP contribution in [0.15, 0.2) is 12.3 Å². The second-order valence-corrected chi connectivity index (χ2v) is 4.20. The van der Waals surface area contributed by atoms with Crippen molar-refractivity contribution in [3.8, 4) is 0 Å². The number of unbranched alkanes of at least 4 members (excludes halogenated alkanes) is 3. The summed E-state index contributed by atoms with van der Waals surface area (Å²) in [5.74, 6) is 0.288. The monoisotopic (exact) mass is 257 g/mol. The molecule has 1 aromatic heterocycles. The molecule has 0 fully saturated rings. The van der Waals surface area contributed by atoms with Crippen LogP contribution >= 0.6 is 11.6 Å². The molecule has 0 aromatic carbocycles. The fraction of sp³-hybridized carbons (Fsp3) is 0.545. The molecule has 1 N–H and O–H groups in total. The van der Waals surface area contributed by atoms with Gasteiger partial charge in [0.05, 0.1) is 9.95 Å². The van der Waals surface area contributed by atoms with Gasteiger partial charge >= 0.3 is 5.69 Å². The Hall–Kier alpha value is -1.36. The Labute approximate surface area is 105 Å². The number of pyridine rings is 1. The van der Waals surface area contributed by atoms with E-state index >= 15 is 0 Å². The van der Waals surface area contributed by atoms with E-state index in [0.29, 0.717) is 6.54 Å².